The number of carbonyl (C=O) groups is 5. The number of halogens is 7. The second-order valence-corrected chi connectivity index (χ2v) is 25.5. The molecule has 0 aliphatic carbocycles. The monoisotopic (exact) mass is 1500 g/mol. The van der Waals surface area contributed by atoms with Gasteiger partial charge in [0.25, 0.3) is 29.5 Å². The number of amides is 5. The second kappa shape index (κ2) is 33.5. The maximum atomic E-state index is 14.4. The van der Waals surface area contributed by atoms with Crippen LogP contribution in [0.5, 0.6) is 0 Å². The SMILES string of the molecule is C.CO.NC(=O)c1ccc2cc(Cc3cc(C(=O)NCc4cc5c(Cl)c[nH]c5cc4F)ccn3)ccc2n1.NC(=O)c1ccc2cc(Cc3cc(C(=O)NCc4cc5c(Cl)c[nH]c5cc4F)ccn3)ccc2n1.O=C(NCc1cc2c(Cl)c[nH]c2cc1F)c1ccnc(Cc2ccc3nc(Cl)ccc3c2)c1. The number of pyridine rings is 6. The van der Waals surface area contributed by atoms with Crippen LogP contribution in [0.2, 0.25) is 20.2 Å². The minimum atomic E-state index is -0.577. The number of rotatable bonds is 17. The summed E-state index contributed by atoms with van der Waals surface area (Å²) in [6.45, 7) is 0.0788. The van der Waals surface area contributed by atoms with Crippen molar-refractivity contribution in [1.82, 2.24) is 60.8 Å². The second-order valence-electron chi connectivity index (χ2n) is 23.9. The van der Waals surface area contributed by atoms with Gasteiger partial charge in [0.2, 0.25) is 0 Å². The molecular formula is C79H63Cl4F3N14O6. The van der Waals surface area contributed by atoms with Crippen molar-refractivity contribution in [1.29, 1.82) is 0 Å². The Bertz CT molecular complexity index is 5640. The molecule has 11 N–H and O–H groups in total. The highest BCUT2D eigenvalue weighted by molar-refractivity contribution is 6.36. The molecule has 15 rings (SSSR count). The molecule has 106 heavy (non-hydrogen) atoms. The number of hydrogen-bond acceptors (Lipinski definition) is 12. The molecule has 0 atom stereocenters. The van der Waals surface area contributed by atoms with E-state index in [1.54, 1.807) is 122 Å². The maximum absolute atomic E-state index is 14.4. The number of aromatic nitrogens is 9. The molecule has 15 aromatic rings. The molecule has 6 aromatic carbocycles. The molecule has 20 nitrogen and oxygen atoms in total. The number of fused-ring (bicyclic) bond motifs is 6. The van der Waals surface area contributed by atoms with E-state index in [1.165, 1.54) is 18.2 Å². The van der Waals surface area contributed by atoms with Crippen molar-refractivity contribution in [3.8, 4) is 0 Å². The zero-order chi connectivity index (χ0) is 74.0. The van der Waals surface area contributed by atoms with E-state index in [0.29, 0.717) is 128 Å². The van der Waals surface area contributed by atoms with Gasteiger partial charge in [0.05, 0.1) is 31.6 Å². The van der Waals surface area contributed by atoms with Crippen LogP contribution in [0.3, 0.4) is 0 Å². The predicted octanol–water partition coefficient (Wildman–Crippen LogP) is 15.4. The smallest absolute Gasteiger partial charge is 0.267 e. The Morgan fingerprint density at radius 1 is 0.406 bits per heavy atom. The molecule has 0 saturated carbocycles. The summed E-state index contributed by atoms with van der Waals surface area (Å²) >= 11 is 24.3. The van der Waals surface area contributed by atoms with Crippen molar-refractivity contribution in [2.24, 2.45) is 11.5 Å². The molecule has 27 heteroatoms. The van der Waals surface area contributed by atoms with Gasteiger partial charge in [0, 0.05) is 183 Å². The Labute approximate surface area is 622 Å². The minimum Gasteiger partial charge on any atom is -0.400 e. The number of aromatic amines is 3. The van der Waals surface area contributed by atoms with Gasteiger partial charge < -0.3 is 47.5 Å². The first-order valence-electron chi connectivity index (χ1n) is 32.1. The summed E-state index contributed by atoms with van der Waals surface area (Å²) < 4.78 is 43.2. The molecule has 9 aromatic heterocycles. The van der Waals surface area contributed by atoms with Gasteiger partial charge in [-0.1, -0.05) is 84.2 Å². The van der Waals surface area contributed by atoms with E-state index in [0.717, 1.165) is 51.2 Å². The van der Waals surface area contributed by atoms with E-state index in [4.69, 9.17) is 63.0 Å². The third kappa shape index (κ3) is 17.9. The van der Waals surface area contributed by atoms with Gasteiger partial charge >= 0.3 is 0 Å². The Balaban J connectivity index is 0.000000156. The van der Waals surface area contributed by atoms with Crippen LogP contribution in [0.4, 0.5) is 13.2 Å². The van der Waals surface area contributed by atoms with Crippen LogP contribution in [-0.4, -0.2) is 86.6 Å². The van der Waals surface area contributed by atoms with E-state index in [1.807, 2.05) is 60.7 Å². The predicted molar refractivity (Wildman–Crippen MR) is 407 cm³/mol. The molecule has 0 bridgehead atoms. The van der Waals surface area contributed by atoms with Gasteiger partial charge in [-0.2, -0.15) is 0 Å². The van der Waals surface area contributed by atoms with Gasteiger partial charge in [-0.25, -0.2) is 28.1 Å². The van der Waals surface area contributed by atoms with Crippen LogP contribution in [-0.2, 0) is 38.9 Å². The molecule has 0 radical (unpaired) electrons. The van der Waals surface area contributed by atoms with Crippen molar-refractivity contribution >= 4 is 141 Å². The van der Waals surface area contributed by atoms with Crippen LogP contribution < -0.4 is 27.4 Å². The standard InChI is InChI=1S/2C26H19ClFN5O2.C25H17Cl2FN4O.CH4O.CH4/c2*27-20-13-31-24-11-21(28)17(10-19(20)24)12-32-26(35)16-5-6-30-18(9-16)8-14-1-3-22-15(7-14)2-4-23(33-22)25(29)34;26-20-13-30-23-11-21(28)17(10-19(20)23)12-31-25(33)16-5-6-29-18(9-16)8-14-1-3-22-15(7-14)2-4-24(27)32-22;1-2;/h2*1-7,9-11,13,31H,8,12H2,(H2,29,34)(H,32,35);1-7,9-11,13,30H,8,12H2,(H,31,33);2H,1H3;1H4. The summed E-state index contributed by atoms with van der Waals surface area (Å²) in [5.41, 5.74) is 22.4. The van der Waals surface area contributed by atoms with Crippen LogP contribution in [0.1, 0.15) is 110 Å². The number of nitrogens with two attached hydrogens (primary N) is 2. The first-order valence-corrected chi connectivity index (χ1v) is 33.6. The van der Waals surface area contributed by atoms with Gasteiger partial charge in [0.1, 0.15) is 34.0 Å². The highest BCUT2D eigenvalue weighted by atomic mass is 35.5. The summed E-state index contributed by atoms with van der Waals surface area (Å²) in [5.74, 6) is -3.41. The zero-order valence-electron chi connectivity index (χ0n) is 55.3. The number of aliphatic hydroxyl groups excluding tert-OH is 1. The third-order valence-electron chi connectivity index (χ3n) is 16.8. The number of H-pyrrole nitrogens is 3. The maximum Gasteiger partial charge on any atom is 0.267 e. The highest BCUT2D eigenvalue weighted by Gasteiger charge is 2.18. The van der Waals surface area contributed by atoms with Crippen molar-refractivity contribution < 1.29 is 42.3 Å². The molecule has 0 spiro atoms. The van der Waals surface area contributed by atoms with Crippen LogP contribution in [0, 0.1) is 17.5 Å². The van der Waals surface area contributed by atoms with E-state index in [2.05, 4.69) is 60.8 Å². The summed E-state index contributed by atoms with van der Waals surface area (Å²) in [4.78, 5) is 95.5. The van der Waals surface area contributed by atoms with Crippen LogP contribution >= 0.6 is 46.4 Å². The summed E-state index contributed by atoms with van der Waals surface area (Å²) in [6.07, 6.45) is 11.1. The first kappa shape index (κ1) is 75.1. The van der Waals surface area contributed by atoms with Gasteiger partial charge in [-0.05, 0) is 150 Å². The van der Waals surface area contributed by atoms with E-state index < -0.39 is 29.3 Å². The fourth-order valence-corrected chi connectivity index (χ4v) is 12.4. The number of benzene rings is 6. The fraction of sp³-hybridized carbons (Fsp3) is 0.101. The number of hydrogen-bond donors (Lipinski definition) is 9. The normalized spacial score (nSPS) is 10.9. The van der Waals surface area contributed by atoms with Gasteiger partial charge in [0.15, 0.2) is 0 Å². The Hall–Kier alpha value is -12.1. The van der Waals surface area contributed by atoms with Crippen LogP contribution in [0.25, 0.3) is 65.4 Å². The molecule has 0 aliphatic heterocycles. The van der Waals surface area contributed by atoms with Crippen LogP contribution in [0.15, 0.2) is 201 Å². The number of primary amides is 2. The van der Waals surface area contributed by atoms with Gasteiger partial charge in [-0.15, -0.1) is 0 Å². The lowest BCUT2D eigenvalue weighted by Crippen LogP contribution is -2.23. The molecule has 0 saturated heterocycles. The molecule has 9 heterocycles. The van der Waals surface area contributed by atoms with E-state index in [9.17, 15) is 37.1 Å². The van der Waals surface area contributed by atoms with Crippen molar-refractivity contribution in [3.05, 3.63) is 317 Å². The molecule has 0 aliphatic rings. The lowest BCUT2D eigenvalue weighted by molar-refractivity contribution is 0.0942. The third-order valence-corrected chi connectivity index (χ3v) is 18.0. The van der Waals surface area contributed by atoms with E-state index in [-0.39, 0.29) is 56.2 Å². The largest absolute Gasteiger partial charge is 0.400 e. The van der Waals surface area contributed by atoms with E-state index >= 15 is 0 Å². The molecule has 534 valence electrons. The average molecular weight is 1500 g/mol. The molecule has 0 unspecified atom stereocenters. The fourth-order valence-electron chi connectivity index (χ4n) is 11.6. The van der Waals surface area contributed by atoms with Crippen molar-refractivity contribution in [3.63, 3.8) is 0 Å². The Morgan fingerprint density at radius 3 is 1.04 bits per heavy atom. The molecule has 0 fully saturated rings. The van der Waals surface area contributed by atoms with Crippen molar-refractivity contribution in [2.45, 2.75) is 46.3 Å². The summed E-state index contributed by atoms with van der Waals surface area (Å²) in [6, 6.07) is 46.6. The number of nitrogens with zero attached hydrogens (tertiary/aromatic N) is 6. The zero-order valence-corrected chi connectivity index (χ0v) is 58.3. The highest BCUT2D eigenvalue weighted by Crippen LogP contribution is 2.30. The lowest BCUT2D eigenvalue weighted by atomic mass is 10.0. The molecular weight excluding hydrogens is 1440 g/mol. The summed E-state index contributed by atoms with van der Waals surface area (Å²) in [7, 11) is 1.00. The Morgan fingerprint density at radius 2 is 0.717 bits per heavy atom. The van der Waals surface area contributed by atoms with Gasteiger partial charge in [-0.3, -0.25) is 38.9 Å². The average Bonchev–Trinajstić information content (AvgIpc) is 1.68. The van der Waals surface area contributed by atoms with Crippen molar-refractivity contribution in [2.75, 3.05) is 7.11 Å². The number of nitrogens with one attached hydrogen (secondary N) is 6. The quantitative estimate of drug-likeness (QED) is 0.0384. The molecule has 5 amide bonds. The first-order chi connectivity index (χ1) is 50.7. The number of aliphatic hydroxyl groups is 1. The number of carbonyl (C=O) groups excluding carboxylic acids is 5. The lowest BCUT2D eigenvalue weighted by Gasteiger charge is -2.09. The Kier molecular flexibility index (Phi) is 23.8. The summed E-state index contributed by atoms with van der Waals surface area (Å²) in [5, 5.41) is 22.0. The topological polar surface area (TPSA) is 318 Å². The minimum absolute atomic E-state index is 0.